The highest BCUT2D eigenvalue weighted by Crippen LogP contribution is 2.39. The van der Waals surface area contributed by atoms with Gasteiger partial charge in [0.05, 0.1) is 12.7 Å². The van der Waals surface area contributed by atoms with Gasteiger partial charge in [-0.3, -0.25) is 0 Å². The molecular weight excluding hydrogens is 268 g/mol. The van der Waals surface area contributed by atoms with E-state index in [9.17, 15) is 5.11 Å². The number of rotatable bonds is 9. The predicted octanol–water partition coefficient (Wildman–Crippen LogP) is 1.90. The van der Waals surface area contributed by atoms with E-state index in [0.717, 1.165) is 29.6 Å². The summed E-state index contributed by atoms with van der Waals surface area (Å²) in [6.07, 6.45) is 2.55. The lowest BCUT2D eigenvalue weighted by Crippen LogP contribution is -2.19. The first-order valence-electron chi connectivity index (χ1n) is 7.69. The summed E-state index contributed by atoms with van der Waals surface area (Å²) in [6.45, 7) is 5.95. The smallest absolute Gasteiger partial charge is 0.136 e. The summed E-state index contributed by atoms with van der Waals surface area (Å²) in [7, 11) is 1.59. The van der Waals surface area contributed by atoms with Gasteiger partial charge in [-0.1, -0.05) is 0 Å². The Labute approximate surface area is 126 Å². The number of hydrogen-bond donors (Lipinski definition) is 3. The van der Waals surface area contributed by atoms with Crippen LogP contribution in [0, 0.1) is 6.92 Å². The van der Waals surface area contributed by atoms with Gasteiger partial charge in [0.25, 0.3) is 0 Å². The highest BCUT2D eigenvalue weighted by molar-refractivity contribution is 5.57. The van der Waals surface area contributed by atoms with Crippen LogP contribution < -0.4 is 10.6 Å². The van der Waals surface area contributed by atoms with E-state index < -0.39 is 6.10 Å². The minimum atomic E-state index is -0.444. The van der Waals surface area contributed by atoms with E-state index in [0.29, 0.717) is 25.5 Å². The number of aliphatic hydroxyl groups excluding tert-OH is 1. The van der Waals surface area contributed by atoms with Gasteiger partial charge in [0.1, 0.15) is 17.5 Å². The Kier molecular flexibility index (Phi) is 5.76. The SMILES string of the molecule is CCNc1nc(C2CC2)nc(NCCC(O)COC)c1C. The molecule has 0 aliphatic heterocycles. The van der Waals surface area contributed by atoms with Crippen LogP contribution in [0.25, 0.3) is 0 Å². The normalized spacial score (nSPS) is 15.8. The minimum absolute atomic E-state index is 0.362. The Morgan fingerprint density at radius 1 is 1.29 bits per heavy atom. The third-order valence-corrected chi connectivity index (χ3v) is 3.58. The number of anilines is 2. The highest BCUT2D eigenvalue weighted by atomic mass is 16.5. The van der Waals surface area contributed by atoms with Crippen LogP contribution in [0.15, 0.2) is 0 Å². The third kappa shape index (κ3) is 4.54. The number of nitrogens with zero attached hydrogens (tertiary/aromatic N) is 2. The molecule has 0 aromatic carbocycles. The Hall–Kier alpha value is -1.40. The number of ether oxygens (including phenoxy) is 1. The van der Waals surface area contributed by atoms with E-state index >= 15 is 0 Å². The van der Waals surface area contributed by atoms with Crippen molar-refractivity contribution in [1.29, 1.82) is 0 Å². The van der Waals surface area contributed by atoms with Crippen molar-refractivity contribution in [1.82, 2.24) is 9.97 Å². The fourth-order valence-electron chi connectivity index (χ4n) is 2.20. The van der Waals surface area contributed by atoms with E-state index in [-0.39, 0.29) is 0 Å². The third-order valence-electron chi connectivity index (χ3n) is 3.58. The van der Waals surface area contributed by atoms with Gasteiger partial charge in [-0.05, 0) is 33.1 Å². The van der Waals surface area contributed by atoms with Gasteiger partial charge in [-0.25, -0.2) is 9.97 Å². The molecule has 6 nitrogen and oxygen atoms in total. The van der Waals surface area contributed by atoms with Crippen LogP contribution in [0.5, 0.6) is 0 Å². The predicted molar refractivity (Wildman–Crippen MR) is 83.9 cm³/mol. The minimum Gasteiger partial charge on any atom is -0.391 e. The Morgan fingerprint density at radius 3 is 2.52 bits per heavy atom. The quantitative estimate of drug-likeness (QED) is 0.645. The van der Waals surface area contributed by atoms with E-state index in [2.05, 4.69) is 27.5 Å². The van der Waals surface area contributed by atoms with Crippen molar-refractivity contribution in [3.8, 4) is 0 Å². The molecule has 0 saturated heterocycles. The van der Waals surface area contributed by atoms with Gasteiger partial charge in [-0.2, -0.15) is 0 Å². The molecule has 21 heavy (non-hydrogen) atoms. The van der Waals surface area contributed by atoms with Gasteiger partial charge in [-0.15, -0.1) is 0 Å². The molecule has 2 rings (SSSR count). The molecule has 3 N–H and O–H groups in total. The number of methoxy groups -OCH3 is 1. The van der Waals surface area contributed by atoms with Gasteiger partial charge in [0, 0.05) is 31.7 Å². The summed E-state index contributed by atoms with van der Waals surface area (Å²) in [5.41, 5.74) is 1.03. The molecule has 1 saturated carbocycles. The lowest BCUT2D eigenvalue weighted by Gasteiger charge is -2.15. The van der Waals surface area contributed by atoms with Crippen LogP contribution in [0.1, 0.15) is 43.5 Å². The maximum absolute atomic E-state index is 9.68. The Balaban J connectivity index is 2.02. The van der Waals surface area contributed by atoms with Crippen molar-refractivity contribution >= 4 is 11.6 Å². The van der Waals surface area contributed by atoms with Crippen molar-refractivity contribution in [2.45, 2.75) is 45.1 Å². The van der Waals surface area contributed by atoms with Gasteiger partial charge < -0.3 is 20.5 Å². The van der Waals surface area contributed by atoms with Gasteiger partial charge >= 0.3 is 0 Å². The molecule has 1 unspecified atom stereocenters. The molecule has 1 aromatic heterocycles. The molecule has 1 fully saturated rings. The summed E-state index contributed by atoms with van der Waals surface area (Å²) < 4.78 is 4.93. The first-order valence-corrected chi connectivity index (χ1v) is 7.69. The van der Waals surface area contributed by atoms with Crippen LogP contribution >= 0.6 is 0 Å². The maximum Gasteiger partial charge on any atom is 0.136 e. The molecule has 6 heteroatoms. The molecule has 0 radical (unpaired) electrons. The summed E-state index contributed by atoms with van der Waals surface area (Å²) in [4.78, 5) is 9.27. The van der Waals surface area contributed by atoms with E-state index in [1.165, 1.54) is 12.8 Å². The van der Waals surface area contributed by atoms with E-state index in [4.69, 9.17) is 4.74 Å². The van der Waals surface area contributed by atoms with Crippen LogP contribution in [-0.4, -0.2) is 48.0 Å². The van der Waals surface area contributed by atoms with Gasteiger partial charge in [0.2, 0.25) is 0 Å². The zero-order valence-electron chi connectivity index (χ0n) is 13.1. The average Bonchev–Trinajstić information content (AvgIpc) is 3.27. The molecule has 0 amide bonds. The summed E-state index contributed by atoms with van der Waals surface area (Å²) in [6, 6.07) is 0. The van der Waals surface area contributed by atoms with E-state index in [1.807, 2.05) is 6.92 Å². The molecule has 1 aliphatic rings. The standard InChI is InChI=1S/C15H26N4O2/c1-4-16-13-10(2)14(17-8-7-12(20)9-21-3)19-15(18-13)11-5-6-11/h11-12,20H,4-9H2,1-3H3,(H2,16,17,18,19). The maximum atomic E-state index is 9.68. The molecule has 1 aliphatic carbocycles. The molecule has 118 valence electrons. The summed E-state index contributed by atoms with van der Waals surface area (Å²) >= 11 is 0. The molecule has 0 spiro atoms. The molecule has 1 atom stereocenters. The fourth-order valence-corrected chi connectivity index (χ4v) is 2.20. The highest BCUT2D eigenvalue weighted by Gasteiger charge is 2.28. The van der Waals surface area contributed by atoms with E-state index in [1.54, 1.807) is 7.11 Å². The molecule has 1 heterocycles. The van der Waals surface area contributed by atoms with Gasteiger partial charge in [0.15, 0.2) is 0 Å². The summed E-state index contributed by atoms with van der Waals surface area (Å²) in [5.74, 6) is 3.22. The first-order chi connectivity index (χ1) is 10.2. The lowest BCUT2D eigenvalue weighted by atomic mass is 10.2. The zero-order valence-corrected chi connectivity index (χ0v) is 13.1. The monoisotopic (exact) mass is 294 g/mol. The number of nitrogens with one attached hydrogen (secondary N) is 2. The first kappa shape index (κ1) is 16.0. The Morgan fingerprint density at radius 2 is 1.95 bits per heavy atom. The van der Waals surface area contributed by atoms with Crippen molar-refractivity contribution in [3.05, 3.63) is 11.4 Å². The largest absolute Gasteiger partial charge is 0.391 e. The van der Waals surface area contributed by atoms with Crippen LogP contribution in [-0.2, 0) is 4.74 Å². The van der Waals surface area contributed by atoms with Crippen LogP contribution in [0.2, 0.25) is 0 Å². The second-order valence-corrected chi connectivity index (χ2v) is 5.53. The van der Waals surface area contributed by atoms with Crippen molar-refractivity contribution in [2.75, 3.05) is 37.4 Å². The van der Waals surface area contributed by atoms with Crippen molar-refractivity contribution in [2.24, 2.45) is 0 Å². The fraction of sp³-hybridized carbons (Fsp3) is 0.733. The van der Waals surface area contributed by atoms with Crippen LogP contribution in [0.3, 0.4) is 0 Å². The molecule has 0 bridgehead atoms. The van der Waals surface area contributed by atoms with Crippen molar-refractivity contribution in [3.63, 3.8) is 0 Å². The Bertz CT molecular complexity index is 463. The second-order valence-electron chi connectivity index (χ2n) is 5.53. The average molecular weight is 294 g/mol. The molecule has 1 aromatic rings. The van der Waals surface area contributed by atoms with Crippen LogP contribution in [0.4, 0.5) is 11.6 Å². The lowest BCUT2D eigenvalue weighted by molar-refractivity contribution is 0.0615. The summed E-state index contributed by atoms with van der Waals surface area (Å²) in [5, 5.41) is 16.3. The number of aliphatic hydroxyl groups is 1. The number of aromatic nitrogens is 2. The second kappa shape index (κ2) is 7.56. The number of hydrogen-bond acceptors (Lipinski definition) is 6. The topological polar surface area (TPSA) is 79.3 Å². The zero-order chi connectivity index (χ0) is 15.2. The molecular formula is C15H26N4O2. The van der Waals surface area contributed by atoms with Crippen molar-refractivity contribution < 1.29 is 9.84 Å².